The number of phenols is 2. The van der Waals surface area contributed by atoms with E-state index >= 15 is 0 Å². The van der Waals surface area contributed by atoms with Gasteiger partial charge in [0.15, 0.2) is 11.5 Å². The summed E-state index contributed by atoms with van der Waals surface area (Å²) >= 11 is 0. The molecule has 0 bridgehead atoms. The summed E-state index contributed by atoms with van der Waals surface area (Å²) in [7, 11) is 0. The number of nitrogens with one attached hydrogen (secondary N) is 1. The number of carbonyl (C=O) groups is 3. The molecule has 138 valence electrons. The monoisotopic (exact) mass is 374 g/mol. The molecule has 3 aromatic rings. The highest BCUT2D eigenvalue weighted by Crippen LogP contribution is 2.30. The fourth-order valence-electron chi connectivity index (χ4n) is 3.08. The van der Waals surface area contributed by atoms with Crippen molar-refractivity contribution >= 4 is 40.4 Å². The maximum atomic E-state index is 13.0. The fourth-order valence-corrected chi connectivity index (χ4v) is 3.08. The maximum Gasteiger partial charge on any atom is 0.335 e. The van der Waals surface area contributed by atoms with Gasteiger partial charge in [-0.25, -0.2) is 9.69 Å². The largest absolute Gasteiger partial charge is 0.504 e. The van der Waals surface area contributed by atoms with Gasteiger partial charge in [0.05, 0.1) is 5.69 Å². The van der Waals surface area contributed by atoms with E-state index in [0.717, 1.165) is 10.3 Å². The molecule has 3 aromatic carbocycles. The number of anilines is 1. The van der Waals surface area contributed by atoms with Crippen LogP contribution in [0.4, 0.5) is 10.5 Å². The molecule has 1 aliphatic heterocycles. The lowest BCUT2D eigenvalue weighted by atomic mass is 10.0. The Hall–Kier alpha value is -4.13. The number of phenolic OH excluding ortho intramolecular Hbond substituents is 2. The first kappa shape index (κ1) is 17.3. The molecule has 1 aliphatic rings. The third kappa shape index (κ3) is 2.84. The summed E-state index contributed by atoms with van der Waals surface area (Å²) in [6.45, 7) is 0. The highest BCUT2D eigenvalue weighted by molar-refractivity contribution is 6.40. The van der Waals surface area contributed by atoms with Crippen molar-refractivity contribution in [1.82, 2.24) is 5.32 Å². The Morgan fingerprint density at radius 2 is 1.61 bits per heavy atom. The van der Waals surface area contributed by atoms with Crippen LogP contribution in [-0.4, -0.2) is 28.1 Å². The zero-order valence-electron chi connectivity index (χ0n) is 14.4. The molecule has 0 atom stereocenters. The predicted molar refractivity (Wildman–Crippen MR) is 103 cm³/mol. The summed E-state index contributed by atoms with van der Waals surface area (Å²) in [6.07, 6.45) is 1.25. The molecule has 3 N–H and O–H groups in total. The lowest BCUT2D eigenvalue weighted by Crippen LogP contribution is -2.54. The van der Waals surface area contributed by atoms with Gasteiger partial charge in [0, 0.05) is 5.39 Å². The average molecular weight is 374 g/mol. The number of fused-ring (bicyclic) bond motifs is 1. The van der Waals surface area contributed by atoms with Crippen LogP contribution >= 0.6 is 0 Å². The van der Waals surface area contributed by atoms with Gasteiger partial charge in [-0.2, -0.15) is 0 Å². The van der Waals surface area contributed by atoms with Crippen molar-refractivity contribution < 1.29 is 24.6 Å². The van der Waals surface area contributed by atoms with Crippen LogP contribution in [-0.2, 0) is 9.59 Å². The molecule has 0 aromatic heterocycles. The predicted octanol–water partition coefficient (Wildman–Crippen LogP) is 2.92. The molecular weight excluding hydrogens is 360 g/mol. The van der Waals surface area contributed by atoms with E-state index in [0.29, 0.717) is 16.6 Å². The van der Waals surface area contributed by atoms with Gasteiger partial charge in [0.1, 0.15) is 5.57 Å². The molecule has 0 radical (unpaired) electrons. The van der Waals surface area contributed by atoms with Crippen LogP contribution < -0.4 is 10.2 Å². The highest BCUT2D eigenvalue weighted by Gasteiger charge is 2.37. The van der Waals surface area contributed by atoms with Crippen molar-refractivity contribution in [2.24, 2.45) is 0 Å². The summed E-state index contributed by atoms with van der Waals surface area (Å²) in [5.74, 6) is -2.33. The number of hydrogen-bond donors (Lipinski definition) is 3. The minimum absolute atomic E-state index is 0.266. The second kappa shape index (κ2) is 6.55. The Kier molecular flexibility index (Phi) is 4.04. The molecule has 0 unspecified atom stereocenters. The van der Waals surface area contributed by atoms with Crippen molar-refractivity contribution in [1.29, 1.82) is 0 Å². The van der Waals surface area contributed by atoms with Gasteiger partial charge < -0.3 is 10.2 Å². The van der Waals surface area contributed by atoms with Crippen molar-refractivity contribution in [3.05, 3.63) is 71.8 Å². The summed E-state index contributed by atoms with van der Waals surface area (Å²) in [5.41, 5.74) is 0.409. The second-order valence-corrected chi connectivity index (χ2v) is 6.20. The van der Waals surface area contributed by atoms with E-state index in [-0.39, 0.29) is 17.1 Å². The first-order valence-corrected chi connectivity index (χ1v) is 8.37. The Balaban J connectivity index is 1.82. The molecule has 7 nitrogen and oxygen atoms in total. The van der Waals surface area contributed by atoms with E-state index in [2.05, 4.69) is 5.32 Å². The Labute approximate surface area is 159 Å². The molecule has 1 saturated heterocycles. The zero-order chi connectivity index (χ0) is 19.8. The molecule has 0 aliphatic carbocycles. The zero-order valence-corrected chi connectivity index (χ0v) is 14.4. The molecule has 1 fully saturated rings. The van der Waals surface area contributed by atoms with Crippen LogP contribution in [0.25, 0.3) is 16.8 Å². The quantitative estimate of drug-likeness (QED) is 0.363. The first-order chi connectivity index (χ1) is 13.5. The number of hydrogen-bond acceptors (Lipinski definition) is 5. The molecular formula is C21H14N2O5. The molecule has 28 heavy (non-hydrogen) atoms. The SMILES string of the molecule is O=C1NC(=O)N(c2cccc3ccccc23)C(=O)/C1=C\c1ccc(O)c(O)c1. The fraction of sp³-hybridized carbons (Fsp3) is 0. The summed E-state index contributed by atoms with van der Waals surface area (Å²) in [6, 6.07) is 15.5. The van der Waals surface area contributed by atoms with Gasteiger partial charge in [0.2, 0.25) is 0 Å². The van der Waals surface area contributed by atoms with Crippen molar-refractivity contribution in [2.45, 2.75) is 0 Å². The van der Waals surface area contributed by atoms with Gasteiger partial charge in [-0.15, -0.1) is 0 Å². The standard InChI is InChI=1S/C21H14N2O5/c24-17-9-8-12(11-18(17)25)10-15-19(26)22-21(28)23(20(15)27)16-7-3-5-13-4-1-2-6-14(13)16/h1-11,24-25H,(H,22,26,28)/b15-10-. The van der Waals surface area contributed by atoms with Crippen LogP contribution in [0.1, 0.15) is 5.56 Å². The van der Waals surface area contributed by atoms with E-state index in [1.54, 1.807) is 24.3 Å². The van der Waals surface area contributed by atoms with E-state index in [1.807, 2.05) is 18.2 Å². The number of carbonyl (C=O) groups excluding carboxylic acids is 3. The molecule has 0 saturated carbocycles. The second-order valence-electron chi connectivity index (χ2n) is 6.20. The van der Waals surface area contributed by atoms with Gasteiger partial charge in [0.25, 0.3) is 11.8 Å². The summed E-state index contributed by atoms with van der Waals surface area (Å²) < 4.78 is 0. The number of urea groups is 1. The van der Waals surface area contributed by atoms with Crippen molar-refractivity contribution in [3.63, 3.8) is 0 Å². The lowest BCUT2D eigenvalue weighted by Gasteiger charge is -2.27. The van der Waals surface area contributed by atoms with E-state index in [1.165, 1.54) is 24.3 Å². The summed E-state index contributed by atoms with van der Waals surface area (Å²) in [5, 5.41) is 22.7. The Bertz CT molecular complexity index is 1180. The van der Waals surface area contributed by atoms with Crippen LogP contribution in [0.5, 0.6) is 11.5 Å². The Morgan fingerprint density at radius 1 is 0.857 bits per heavy atom. The van der Waals surface area contributed by atoms with Crippen LogP contribution in [0.3, 0.4) is 0 Å². The Morgan fingerprint density at radius 3 is 2.39 bits per heavy atom. The number of benzene rings is 3. The minimum Gasteiger partial charge on any atom is -0.504 e. The third-order valence-corrected chi connectivity index (χ3v) is 4.42. The molecule has 4 rings (SSSR count). The molecule has 4 amide bonds. The van der Waals surface area contributed by atoms with Gasteiger partial charge >= 0.3 is 6.03 Å². The van der Waals surface area contributed by atoms with Gasteiger partial charge in [-0.1, -0.05) is 42.5 Å². The van der Waals surface area contributed by atoms with E-state index in [9.17, 15) is 24.6 Å². The maximum absolute atomic E-state index is 13.0. The number of aromatic hydroxyl groups is 2. The molecule has 1 heterocycles. The van der Waals surface area contributed by atoms with Crippen molar-refractivity contribution in [3.8, 4) is 11.5 Å². The van der Waals surface area contributed by atoms with Crippen LogP contribution in [0.15, 0.2) is 66.2 Å². The number of imide groups is 2. The van der Waals surface area contributed by atoms with Crippen LogP contribution in [0.2, 0.25) is 0 Å². The number of barbiturate groups is 1. The first-order valence-electron chi connectivity index (χ1n) is 8.37. The highest BCUT2D eigenvalue weighted by atomic mass is 16.3. The minimum atomic E-state index is -0.836. The van der Waals surface area contributed by atoms with E-state index in [4.69, 9.17) is 0 Å². The normalized spacial score (nSPS) is 15.9. The van der Waals surface area contributed by atoms with Crippen molar-refractivity contribution in [2.75, 3.05) is 4.90 Å². The average Bonchev–Trinajstić information content (AvgIpc) is 2.68. The number of nitrogens with zero attached hydrogens (tertiary/aromatic N) is 1. The van der Waals surface area contributed by atoms with Crippen LogP contribution in [0, 0.1) is 0 Å². The number of rotatable bonds is 2. The van der Waals surface area contributed by atoms with E-state index < -0.39 is 17.8 Å². The summed E-state index contributed by atoms with van der Waals surface area (Å²) in [4.78, 5) is 38.6. The lowest BCUT2D eigenvalue weighted by molar-refractivity contribution is -0.122. The molecule has 0 spiro atoms. The van der Waals surface area contributed by atoms with Gasteiger partial charge in [-0.3, -0.25) is 14.9 Å². The molecule has 7 heteroatoms. The smallest absolute Gasteiger partial charge is 0.335 e. The number of amides is 4. The third-order valence-electron chi connectivity index (χ3n) is 4.42. The topological polar surface area (TPSA) is 107 Å². The van der Waals surface area contributed by atoms with Gasteiger partial charge in [-0.05, 0) is 35.2 Å².